The van der Waals surface area contributed by atoms with Crippen LogP contribution < -0.4 is 9.47 Å². The molecule has 0 radical (unpaired) electrons. The van der Waals surface area contributed by atoms with Crippen molar-refractivity contribution in [2.75, 3.05) is 13.7 Å². The predicted molar refractivity (Wildman–Crippen MR) is 124 cm³/mol. The van der Waals surface area contributed by atoms with Gasteiger partial charge in [0.25, 0.3) is 5.91 Å². The summed E-state index contributed by atoms with van der Waals surface area (Å²) in [5.41, 5.74) is 1.62. The number of rotatable bonds is 7. The normalized spacial score (nSPS) is 15.1. The minimum atomic E-state index is -0.128. The quantitative estimate of drug-likeness (QED) is 0.286. The molecule has 0 unspecified atom stereocenters. The number of thiocarbonyl (C=S) groups is 1. The molecule has 4 nitrogen and oxygen atoms in total. The van der Waals surface area contributed by atoms with E-state index in [4.69, 9.17) is 44.9 Å². The van der Waals surface area contributed by atoms with Crippen LogP contribution in [0.2, 0.25) is 10.0 Å². The maximum Gasteiger partial charge on any atom is 0.266 e. The third-order valence-electron chi connectivity index (χ3n) is 4.07. The van der Waals surface area contributed by atoms with Crippen molar-refractivity contribution in [2.45, 2.75) is 6.61 Å². The van der Waals surface area contributed by atoms with Gasteiger partial charge in [-0.2, -0.15) is 0 Å². The number of carbonyl (C=O) groups is 1. The van der Waals surface area contributed by atoms with E-state index in [-0.39, 0.29) is 12.5 Å². The molecule has 0 saturated carbocycles. The first-order chi connectivity index (χ1) is 13.9. The molecule has 1 aliphatic heterocycles. The third kappa shape index (κ3) is 5.14. The molecule has 2 aromatic rings. The molecule has 1 heterocycles. The van der Waals surface area contributed by atoms with E-state index in [9.17, 15) is 4.79 Å². The first kappa shape index (κ1) is 21.7. The van der Waals surface area contributed by atoms with E-state index in [1.807, 2.05) is 12.1 Å². The van der Waals surface area contributed by atoms with Crippen molar-refractivity contribution in [3.8, 4) is 11.5 Å². The number of carbonyl (C=O) groups excluding carboxylic acids is 1. The topological polar surface area (TPSA) is 38.8 Å². The van der Waals surface area contributed by atoms with Crippen molar-refractivity contribution in [3.63, 3.8) is 0 Å². The van der Waals surface area contributed by atoms with Gasteiger partial charge in [0.05, 0.1) is 12.0 Å². The summed E-state index contributed by atoms with van der Waals surface area (Å²) < 4.78 is 11.8. The first-order valence-electron chi connectivity index (χ1n) is 8.54. The molecule has 0 aliphatic carbocycles. The van der Waals surface area contributed by atoms with Crippen molar-refractivity contribution in [1.29, 1.82) is 0 Å². The lowest BCUT2D eigenvalue weighted by Gasteiger charge is -2.12. The Labute approximate surface area is 189 Å². The number of thioether (sulfide) groups is 1. The number of methoxy groups -OCH3 is 1. The Bertz CT molecular complexity index is 1010. The molecule has 0 aromatic heterocycles. The first-order valence-corrected chi connectivity index (χ1v) is 10.5. The summed E-state index contributed by atoms with van der Waals surface area (Å²) in [6, 6.07) is 10.7. The largest absolute Gasteiger partial charge is 0.493 e. The highest BCUT2D eigenvalue weighted by molar-refractivity contribution is 8.26. The molecule has 0 N–H and O–H groups in total. The van der Waals surface area contributed by atoms with E-state index in [0.29, 0.717) is 37.3 Å². The van der Waals surface area contributed by atoms with E-state index in [1.165, 1.54) is 16.7 Å². The molecule has 29 heavy (non-hydrogen) atoms. The van der Waals surface area contributed by atoms with Gasteiger partial charge in [-0.1, -0.05) is 65.4 Å². The van der Waals surface area contributed by atoms with Gasteiger partial charge >= 0.3 is 0 Å². The zero-order valence-corrected chi connectivity index (χ0v) is 18.6. The lowest BCUT2D eigenvalue weighted by atomic mass is 10.1. The fraction of sp³-hybridized carbons (Fsp3) is 0.143. The monoisotopic (exact) mass is 465 g/mol. The highest BCUT2D eigenvalue weighted by Gasteiger charge is 2.31. The van der Waals surface area contributed by atoms with Crippen molar-refractivity contribution in [2.24, 2.45) is 0 Å². The van der Waals surface area contributed by atoms with Crippen molar-refractivity contribution in [1.82, 2.24) is 4.90 Å². The standard InChI is InChI=1S/C21H17Cl2NO3S2/c1-3-8-24-20(25)19(29-21(24)28)10-13-4-7-17(18(9-13)26-2)27-12-14-5-6-15(22)11-16(14)23/h3-7,9-11H,1,8,12H2,2H3. The van der Waals surface area contributed by atoms with Gasteiger partial charge in [0, 0.05) is 22.2 Å². The van der Waals surface area contributed by atoms with Crippen molar-refractivity contribution < 1.29 is 14.3 Å². The number of nitrogens with zero attached hydrogens (tertiary/aromatic N) is 1. The molecular weight excluding hydrogens is 449 g/mol. The summed E-state index contributed by atoms with van der Waals surface area (Å²) >= 11 is 18.6. The predicted octanol–water partition coefficient (Wildman–Crippen LogP) is 5.97. The molecule has 0 bridgehead atoms. The smallest absolute Gasteiger partial charge is 0.266 e. The summed E-state index contributed by atoms with van der Waals surface area (Å²) in [5, 5.41) is 1.11. The van der Waals surface area contributed by atoms with Crippen LogP contribution in [0.5, 0.6) is 11.5 Å². The van der Waals surface area contributed by atoms with Gasteiger partial charge in [0.1, 0.15) is 10.9 Å². The van der Waals surface area contributed by atoms with E-state index >= 15 is 0 Å². The fourth-order valence-corrected chi connectivity index (χ4v) is 4.36. The lowest BCUT2D eigenvalue weighted by molar-refractivity contribution is -0.121. The molecule has 1 amide bonds. The van der Waals surface area contributed by atoms with Gasteiger partial charge in [0.2, 0.25) is 0 Å². The van der Waals surface area contributed by atoms with Crippen LogP contribution in [0, 0.1) is 0 Å². The molecule has 1 saturated heterocycles. The van der Waals surface area contributed by atoms with Crippen LogP contribution in [0.3, 0.4) is 0 Å². The zero-order valence-electron chi connectivity index (χ0n) is 15.5. The van der Waals surface area contributed by atoms with Gasteiger partial charge < -0.3 is 9.47 Å². The Hall–Kier alpha value is -1.99. The average molecular weight is 466 g/mol. The van der Waals surface area contributed by atoms with Gasteiger partial charge in [-0.25, -0.2) is 0 Å². The summed E-state index contributed by atoms with van der Waals surface area (Å²) in [6.45, 7) is 4.32. The van der Waals surface area contributed by atoms with Crippen molar-refractivity contribution >= 4 is 63.5 Å². The van der Waals surface area contributed by atoms with Gasteiger partial charge in [-0.05, 0) is 35.9 Å². The van der Waals surface area contributed by atoms with Gasteiger partial charge in [-0.3, -0.25) is 9.69 Å². The minimum absolute atomic E-state index is 0.128. The van der Waals surface area contributed by atoms with Crippen LogP contribution in [0.4, 0.5) is 0 Å². The summed E-state index contributed by atoms with van der Waals surface area (Å²) in [6.07, 6.45) is 3.43. The minimum Gasteiger partial charge on any atom is -0.493 e. The van der Waals surface area contributed by atoms with E-state index in [1.54, 1.807) is 43.5 Å². The summed E-state index contributed by atoms with van der Waals surface area (Å²) in [7, 11) is 1.56. The second-order valence-electron chi connectivity index (χ2n) is 6.02. The number of halogens is 2. The zero-order chi connectivity index (χ0) is 21.0. The Kier molecular flexibility index (Phi) is 7.24. The van der Waals surface area contributed by atoms with Crippen LogP contribution in [0.15, 0.2) is 54.0 Å². The van der Waals surface area contributed by atoms with E-state index in [2.05, 4.69) is 6.58 Å². The maximum atomic E-state index is 12.5. The molecule has 1 aliphatic rings. The Balaban J connectivity index is 1.77. The average Bonchev–Trinajstić information content (AvgIpc) is 2.95. The Morgan fingerprint density at radius 1 is 1.21 bits per heavy atom. The number of ether oxygens (including phenoxy) is 2. The van der Waals surface area contributed by atoms with Crippen LogP contribution in [-0.4, -0.2) is 28.8 Å². The molecule has 0 spiro atoms. The van der Waals surface area contributed by atoms with Crippen LogP contribution in [0.25, 0.3) is 6.08 Å². The number of hydrogen-bond donors (Lipinski definition) is 0. The second kappa shape index (κ2) is 9.67. The van der Waals surface area contributed by atoms with Gasteiger partial charge in [0.15, 0.2) is 11.5 Å². The van der Waals surface area contributed by atoms with Crippen LogP contribution >= 0.6 is 47.2 Å². The summed E-state index contributed by atoms with van der Waals surface area (Å²) in [4.78, 5) is 14.5. The highest BCUT2D eigenvalue weighted by Crippen LogP contribution is 2.35. The molecule has 1 fully saturated rings. The van der Waals surface area contributed by atoms with Crippen LogP contribution in [-0.2, 0) is 11.4 Å². The SMILES string of the molecule is C=CCN1C(=O)C(=Cc2ccc(OCc3ccc(Cl)cc3Cl)c(OC)c2)SC1=S. The van der Waals surface area contributed by atoms with Gasteiger partial charge in [-0.15, -0.1) is 6.58 Å². The maximum absolute atomic E-state index is 12.5. The van der Waals surface area contributed by atoms with E-state index in [0.717, 1.165) is 11.1 Å². The number of amides is 1. The lowest BCUT2D eigenvalue weighted by Crippen LogP contribution is -2.27. The number of hydrogen-bond acceptors (Lipinski definition) is 5. The molecule has 2 aromatic carbocycles. The highest BCUT2D eigenvalue weighted by atomic mass is 35.5. The molecule has 0 atom stereocenters. The van der Waals surface area contributed by atoms with Crippen LogP contribution in [0.1, 0.15) is 11.1 Å². The number of benzene rings is 2. The summed E-state index contributed by atoms with van der Waals surface area (Å²) in [5.74, 6) is 0.983. The second-order valence-corrected chi connectivity index (χ2v) is 8.54. The molecular formula is C21H17Cl2NO3S2. The Morgan fingerprint density at radius 2 is 2.00 bits per heavy atom. The molecule has 3 rings (SSSR count). The molecule has 150 valence electrons. The van der Waals surface area contributed by atoms with Crippen molar-refractivity contribution in [3.05, 3.63) is 75.1 Å². The van der Waals surface area contributed by atoms with E-state index < -0.39 is 0 Å². The fourth-order valence-electron chi connectivity index (χ4n) is 2.63. The Morgan fingerprint density at radius 3 is 2.69 bits per heavy atom. The third-order valence-corrected chi connectivity index (χ3v) is 6.03. The molecule has 8 heteroatoms.